The number of hydrogen-bond donors (Lipinski definition) is 2. The average molecular weight is 267 g/mol. The maximum absolute atomic E-state index is 11.3. The maximum Gasteiger partial charge on any atom is 0.269 e. The van der Waals surface area contributed by atoms with Crippen molar-refractivity contribution in [2.75, 3.05) is 0 Å². The van der Waals surface area contributed by atoms with Crippen molar-refractivity contribution in [2.24, 2.45) is 5.73 Å². The minimum Gasteiger partial charge on any atom is -0.364 e. The molecule has 3 aromatic rings. The highest BCUT2D eigenvalue weighted by Crippen LogP contribution is 2.29. The normalized spacial score (nSPS) is 12.2. The Balaban J connectivity index is 2.29. The number of benzene rings is 2. The predicted octanol–water partition coefficient (Wildman–Crippen LogP) is 3.11. The van der Waals surface area contributed by atoms with E-state index in [0.29, 0.717) is 5.69 Å². The number of H-pyrrole nitrogens is 1. The molecule has 0 aliphatic rings. The van der Waals surface area contributed by atoms with Crippen molar-refractivity contribution < 1.29 is 4.79 Å². The number of primary amides is 1. The van der Waals surface area contributed by atoms with E-state index >= 15 is 0 Å². The lowest BCUT2D eigenvalue weighted by atomic mass is 9.86. The van der Waals surface area contributed by atoms with Gasteiger partial charge in [-0.05, 0) is 33.9 Å². The van der Waals surface area contributed by atoms with Gasteiger partial charge in [-0.25, -0.2) is 0 Å². The van der Waals surface area contributed by atoms with E-state index in [1.165, 1.54) is 5.56 Å². The van der Waals surface area contributed by atoms with Gasteiger partial charge in [-0.15, -0.1) is 0 Å². The summed E-state index contributed by atoms with van der Waals surface area (Å²) in [7, 11) is 0. The van der Waals surface area contributed by atoms with Gasteiger partial charge in [0.05, 0.1) is 5.52 Å². The van der Waals surface area contributed by atoms with Crippen molar-refractivity contribution in [3.8, 4) is 0 Å². The molecule has 0 saturated carbocycles. The Morgan fingerprint density at radius 2 is 1.90 bits per heavy atom. The zero-order chi connectivity index (χ0) is 14.5. The number of hydrogen-bond acceptors (Lipinski definition) is 2. The Morgan fingerprint density at radius 3 is 2.55 bits per heavy atom. The maximum atomic E-state index is 11.3. The minimum absolute atomic E-state index is 0.107. The molecular weight excluding hydrogens is 250 g/mol. The van der Waals surface area contributed by atoms with E-state index < -0.39 is 5.91 Å². The van der Waals surface area contributed by atoms with Crippen molar-refractivity contribution in [1.29, 1.82) is 0 Å². The van der Waals surface area contributed by atoms with Crippen LogP contribution in [-0.4, -0.2) is 16.1 Å². The fourth-order valence-electron chi connectivity index (χ4n) is 2.42. The summed E-state index contributed by atoms with van der Waals surface area (Å²) in [5.74, 6) is -0.512. The fraction of sp³-hybridized carbons (Fsp3) is 0.250. The van der Waals surface area contributed by atoms with Crippen LogP contribution < -0.4 is 5.73 Å². The molecule has 0 spiro atoms. The van der Waals surface area contributed by atoms with E-state index in [0.717, 1.165) is 21.7 Å². The van der Waals surface area contributed by atoms with Gasteiger partial charge in [0.15, 0.2) is 5.69 Å². The van der Waals surface area contributed by atoms with Crippen LogP contribution >= 0.6 is 0 Å². The average Bonchev–Trinajstić information content (AvgIpc) is 2.77. The molecule has 0 saturated heterocycles. The van der Waals surface area contributed by atoms with E-state index in [2.05, 4.69) is 49.2 Å². The van der Waals surface area contributed by atoms with Crippen LogP contribution in [0.3, 0.4) is 0 Å². The first-order chi connectivity index (χ1) is 9.36. The quantitative estimate of drug-likeness (QED) is 0.711. The molecule has 1 amide bonds. The SMILES string of the molecule is CC(C)(C)c1ccc2cc3c(C(N)=O)n[nH]c3cc2c1. The van der Waals surface area contributed by atoms with Crippen molar-refractivity contribution in [1.82, 2.24) is 10.2 Å². The molecule has 3 N–H and O–H groups in total. The number of aromatic nitrogens is 2. The lowest BCUT2D eigenvalue weighted by Crippen LogP contribution is -2.11. The van der Waals surface area contributed by atoms with Crippen molar-refractivity contribution >= 4 is 27.6 Å². The molecular formula is C16H17N3O. The molecule has 0 unspecified atom stereocenters. The molecule has 1 heterocycles. The highest BCUT2D eigenvalue weighted by Gasteiger charge is 2.15. The second-order valence-corrected chi connectivity index (χ2v) is 6.15. The molecule has 0 atom stereocenters. The number of nitrogens with zero attached hydrogens (tertiary/aromatic N) is 1. The lowest BCUT2D eigenvalue weighted by molar-refractivity contribution is 0.0997. The second-order valence-electron chi connectivity index (χ2n) is 6.15. The van der Waals surface area contributed by atoms with Crippen LogP contribution in [0.5, 0.6) is 0 Å². The Hall–Kier alpha value is -2.36. The smallest absolute Gasteiger partial charge is 0.269 e. The highest BCUT2D eigenvalue weighted by atomic mass is 16.1. The standard InChI is InChI=1S/C16H17N3O/c1-16(2,3)11-5-4-9-7-12-13(8-10(9)6-11)18-19-14(12)15(17)20/h4-8H,1-3H3,(H2,17,20)(H,18,19). The van der Waals surface area contributed by atoms with E-state index in [1.54, 1.807) is 0 Å². The van der Waals surface area contributed by atoms with Crippen LogP contribution in [-0.2, 0) is 5.41 Å². The summed E-state index contributed by atoms with van der Waals surface area (Å²) in [6.07, 6.45) is 0. The molecule has 0 aliphatic heterocycles. The molecule has 4 heteroatoms. The van der Waals surface area contributed by atoms with Crippen molar-refractivity contribution in [3.05, 3.63) is 41.6 Å². The first kappa shape index (κ1) is 12.7. The van der Waals surface area contributed by atoms with Crippen molar-refractivity contribution in [2.45, 2.75) is 26.2 Å². The second kappa shape index (κ2) is 4.07. The Labute approximate surface area is 117 Å². The van der Waals surface area contributed by atoms with Gasteiger partial charge in [0.25, 0.3) is 5.91 Å². The highest BCUT2D eigenvalue weighted by molar-refractivity contribution is 6.08. The summed E-state index contributed by atoms with van der Waals surface area (Å²) in [6.45, 7) is 6.57. The van der Waals surface area contributed by atoms with E-state index in [1.807, 2.05) is 12.1 Å². The first-order valence-corrected chi connectivity index (χ1v) is 6.58. The van der Waals surface area contributed by atoms with Crippen LogP contribution in [0.4, 0.5) is 0 Å². The van der Waals surface area contributed by atoms with Gasteiger partial charge in [0, 0.05) is 5.39 Å². The number of fused-ring (bicyclic) bond motifs is 2. The number of nitrogens with one attached hydrogen (secondary N) is 1. The van der Waals surface area contributed by atoms with Gasteiger partial charge in [-0.1, -0.05) is 39.0 Å². The molecule has 4 nitrogen and oxygen atoms in total. The Bertz CT molecular complexity index is 825. The van der Waals surface area contributed by atoms with E-state index in [9.17, 15) is 4.79 Å². The third-order valence-corrected chi connectivity index (χ3v) is 3.62. The number of amides is 1. The van der Waals surface area contributed by atoms with Crippen LogP contribution in [0, 0.1) is 0 Å². The van der Waals surface area contributed by atoms with Crippen molar-refractivity contribution in [3.63, 3.8) is 0 Å². The number of aromatic amines is 1. The zero-order valence-corrected chi connectivity index (χ0v) is 11.8. The zero-order valence-electron chi connectivity index (χ0n) is 11.8. The molecule has 0 radical (unpaired) electrons. The Kier molecular flexibility index (Phi) is 2.57. The van der Waals surface area contributed by atoms with Gasteiger partial charge in [0.2, 0.25) is 0 Å². The minimum atomic E-state index is -0.512. The van der Waals surface area contributed by atoms with Gasteiger partial charge < -0.3 is 5.73 Å². The van der Waals surface area contributed by atoms with Gasteiger partial charge >= 0.3 is 0 Å². The molecule has 0 bridgehead atoms. The molecule has 0 aliphatic carbocycles. The summed E-state index contributed by atoms with van der Waals surface area (Å²) in [5, 5.41) is 9.84. The topological polar surface area (TPSA) is 71.8 Å². The fourth-order valence-corrected chi connectivity index (χ4v) is 2.42. The third-order valence-electron chi connectivity index (χ3n) is 3.62. The Morgan fingerprint density at radius 1 is 1.15 bits per heavy atom. The summed E-state index contributed by atoms with van der Waals surface area (Å²) < 4.78 is 0. The number of nitrogens with two attached hydrogens (primary N) is 1. The summed E-state index contributed by atoms with van der Waals surface area (Å²) in [4.78, 5) is 11.3. The molecule has 2 aromatic carbocycles. The van der Waals surface area contributed by atoms with Gasteiger partial charge in [-0.2, -0.15) is 5.10 Å². The van der Waals surface area contributed by atoms with Crippen LogP contribution in [0.2, 0.25) is 0 Å². The molecule has 102 valence electrons. The lowest BCUT2D eigenvalue weighted by Gasteiger charge is -2.19. The molecule has 3 rings (SSSR count). The number of carbonyl (C=O) groups excluding carboxylic acids is 1. The van der Waals surface area contributed by atoms with E-state index in [4.69, 9.17) is 5.73 Å². The first-order valence-electron chi connectivity index (χ1n) is 6.58. The predicted molar refractivity (Wildman–Crippen MR) is 80.8 cm³/mol. The van der Waals surface area contributed by atoms with Gasteiger partial charge in [0.1, 0.15) is 0 Å². The molecule has 1 aromatic heterocycles. The number of carbonyl (C=O) groups is 1. The van der Waals surface area contributed by atoms with Gasteiger partial charge in [-0.3, -0.25) is 9.89 Å². The molecule has 20 heavy (non-hydrogen) atoms. The monoisotopic (exact) mass is 267 g/mol. The largest absolute Gasteiger partial charge is 0.364 e. The number of rotatable bonds is 1. The summed E-state index contributed by atoms with van der Waals surface area (Å²) >= 11 is 0. The summed E-state index contributed by atoms with van der Waals surface area (Å²) in [5.41, 5.74) is 7.84. The van der Waals surface area contributed by atoms with E-state index in [-0.39, 0.29) is 5.41 Å². The molecule has 0 fully saturated rings. The van der Waals surface area contributed by atoms with Crippen LogP contribution in [0.25, 0.3) is 21.7 Å². The van der Waals surface area contributed by atoms with Crippen LogP contribution in [0.15, 0.2) is 30.3 Å². The summed E-state index contributed by atoms with van der Waals surface area (Å²) in [6, 6.07) is 10.4. The van der Waals surface area contributed by atoms with Crippen LogP contribution in [0.1, 0.15) is 36.8 Å². The third kappa shape index (κ3) is 1.93.